The van der Waals surface area contributed by atoms with E-state index in [0.29, 0.717) is 5.56 Å². The molecule has 3 rings (SSSR count). The fraction of sp³-hybridized carbons (Fsp3) is 0.320. The van der Waals surface area contributed by atoms with Gasteiger partial charge in [0.25, 0.3) is 0 Å². The molecule has 2 aromatic carbocycles. The molecule has 14 heteroatoms. The minimum absolute atomic E-state index is 0.0173. The summed E-state index contributed by atoms with van der Waals surface area (Å²) >= 11 is 0. The molecule has 10 nitrogen and oxygen atoms in total. The Hall–Kier alpha value is -4.07. The van der Waals surface area contributed by atoms with Crippen LogP contribution < -0.4 is 11.1 Å². The zero-order chi connectivity index (χ0) is 29.2. The number of alkyl halides is 3. The molecule has 0 spiro atoms. The Kier molecular flexibility index (Phi) is 8.29. The van der Waals surface area contributed by atoms with Crippen LogP contribution in [0.1, 0.15) is 37.6 Å². The molecule has 0 aliphatic carbocycles. The highest BCUT2D eigenvalue weighted by molar-refractivity contribution is 7.87. The Morgan fingerprint density at radius 3 is 2.26 bits per heavy atom. The first kappa shape index (κ1) is 29.5. The summed E-state index contributed by atoms with van der Waals surface area (Å²) in [5, 5.41) is 6.20. The van der Waals surface area contributed by atoms with E-state index in [2.05, 4.69) is 14.6 Å². The molecule has 210 valence electrons. The zero-order valence-corrected chi connectivity index (χ0v) is 22.3. The number of nitrogens with zero attached hydrogens (tertiary/aromatic N) is 2. The van der Waals surface area contributed by atoms with Crippen molar-refractivity contribution in [1.82, 2.24) is 15.1 Å². The number of nitrogens with two attached hydrogens (primary N) is 1. The fourth-order valence-corrected chi connectivity index (χ4v) is 4.57. The minimum Gasteiger partial charge on any atom is -0.444 e. The van der Waals surface area contributed by atoms with Crippen LogP contribution in [0.15, 0.2) is 53.4 Å². The quantitative estimate of drug-likeness (QED) is 0.393. The number of halogens is 3. The van der Waals surface area contributed by atoms with Crippen LogP contribution in [-0.2, 0) is 31.6 Å². The number of aryl methyl sites for hydroxylation is 1. The second-order valence-electron chi connectivity index (χ2n) is 9.52. The van der Waals surface area contributed by atoms with E-state index in [1.807, 2.05) is 6.92 Å². The molecule has 39 heavy (non-hydrogen) atoms. The van der Waals surface area contributed by atoms with Crippen molar-refractivity contribution in [2.45, 2.75) is 50.8 Å². The van der Waals surface area contributed by atoms with Gasteiger partial charge < -0.3 is 20.0 Å². The molecule has 0 radical (unpaired) electrons. The monoisotopic (exact) mass is 568 g/mol. The first-order valence-corrected chi connectivity index (χ1v) is 13.0. The summed E-state index contributed by atoms with van der Waals surface area (Å²) in [6.07, 6.45) is -7.21. The van der Waals surface area contributed by atoms with Crippen LogP contribution in [-0.4, -0.2) is 42.5 Å². The smallest absolute Gasteiger partial charge is 0.435 e. The highest BCUT2D eigenvalue weighted by Gasteiger charge is 2.35. The Balaban J connectivity index is 2.09. The van der Waals surface area contributed by atoms with Crippen molar-refractivity contribution in [1.29, 1.82) is 0 Å². The zero-order valence-electron chi connectivity index (χ0n) is 21.5. The normalized spacial score (nSPS) is 12.2. The van der Waals surface area contributed by atoms with Crippen LogP contribution in [0.4, 0.5) is 22.8 Å². The van der Waals surface area contributed by atoms with Gasteiger partial charge in [-0.25, -0.2) is 14.3 Å². The van der Waals surface area contributed by atoms with Crippen molar-refractivity contribution in [2.24, 2.45) is 5.73 Å². The van der Waals surface area contributed by atoms with Crippen molar-refractivity contribution < 1.29 is 40.1 Å². The minimum atomic E-state index is -4.75. The molecule has 2 amide bonds. The molecule has 3 N–H and O–H groups in total. The van der Waals surface area contributed by atoms with Gasteiger partial charge in [0.2, 0.25) is 0 Å². The maximum Gasteiger partial charge on any atom is 0.435 e. The van der Waals surface area contributed by atoms with Crippen LogP contribution in [0.2, 0.25) is 0 Å². The van der Waals surface area contributed by atoms with Crippen molar-refractivity contribution in [3.8, 4) is 16.9 Å². The van der Waals surface area contributed by atoms with Gasteiger partial charge in [0.05, 0.1) is 11.4 Å². The van der Waals surface area contributed by atoms with Crippen molar-refractivity contribution in [2.75, 3.05) is 6.54 Å². The number of carbonyl (C=O) groups is 2. The van der Waals surface area contributed by atoms with E-state index < -0.39 is 44.7 Å². The first-order chi connectivity index (χ1) is 18.0. The maximum absolute atomic E-state index is 13.6. The molecule has 0 saturated carbocycles. The summed E-state index contributed by atoms with van der Waals surface area (Å²) in [6, 6.07) is 11.2. The van der Waals surface area contributed by atoms with Gasteiger partial charge in [0.15, 0.2) is 5.69 Å². The van der Waals surface area contributed by atoms with E-state index in [0.717, 1.165) is 22.4 Å². The Morgan fingerprint density at radius 2 is 1.69 bits per heavy atom. The first-order valence-electron chi connectivity index (χ1n) is 11.5. The van der Waals surface area contributed by atoms with Gasteiger partial charge in [-0.05, 0) is 63.9 Å². The average molecular weight is 569 g/mol. The van der Waals surface area contributed by atoms with E-state index in [9.17, 15) is 31.2 Å². The highest BCUT2D eigenvalue weighted by Crippen LogP contribution is 2.34. The summed E-state index contributed by atoms with van der Waals surface area (Å²) < 4.78 is 76.5. The van der Waals surface area contributed by atoms with Crippen LogP contribution in [0.5, 0.6) is 0 Å². The molecular weight excluding hydrogens is 541 g/mol. The maximum atomic E-state index is 13.6. The molecule has 0 bridgehead atoms. The lowest BCUT2D eigenvalue weighted by molar-refractivity contribution is -0.141. The van der Waals surface area contributed by atoms with Crippen LogP contribution in [0, 0.1) is 6.92 Å². The summed E-state index contributed by atoms with van der Waals surface area (Å²) in [5.41, 5.74) is 4.49. The third-order valence-corrected chi connectivity index (χ3v) is 6.48. The topological polar surface area (TPSA) is 143 Å². The highest BCUT2D eigenvalue weighted by atomic mass is 32.2. The van der Waals surface area contributed by atoms with Crippen LogP contribution >= 0.6 is 0 Å². The van der Waals surface area contributed by atoms with Gasteiger partial charge >= 0.3 is 28.5 Å². The van der Waals surface area contributed by atoms with Crippen LogP contribution in [0.3, 0.4) is 0 Å². The Bertz CT molecular complexity index is 1480. The number of alkyl carbamates (subject to hydrolysis) is 1. The predicted octanol–water partition coefficient (Wildman–Crippen LogP) is 4.72. The lowest BCUT2D eigenvalue weighted by Gasteiger charge is -2.20. The predicted molar refractivity (Wildman–Crippen MR) is 135 cm³/mol. The van der Waals surface area contributed by atoms with E-state index >= 15 is 0 Å². The second kappa shape index (κ2) is 11.0. The van der Waals surface area contributed by atoms with Gasteiger partial charge in [-0.1, -0.05) is 29.8 Å². The summed E-state index contributed by atoms with van der Waals surface area (Å²) in [4.78, 5) is 22.7. The standard InChI is InChI=1S/C25H27F3N4O6S/c1-15-5-7-16(8-6-15)19-14-21(25(26,27)28)31-32(19)18-9-10-20(39(35,36)38-22(29)33)17(13-18)11-12-30-23(34)37-24(2,3)4/h5-10,13-14H,11-12H2,1-4H3,(H2,29,33)(H,30,34). The molecule has 3 aromatic rings. The number of benzene rings is 2. The molecule has 0 unspecified atom stereocenters. The molecule has 1 heterocycles. The summed E-state index contributed by atoms with van der Waals surface area (Å²) in [6.45, 7) is 6.69. The van der Waals surface area contributed by atoms with Gasteiger partial charge in [-0.3, -0.25) is 0 Å². The Morgan fingerprint density at radius 1 is 1.05 bits per heavy atom. The molecule has 0 atom stereocenters. The largest absolute Gasteiger partial charge is 0.444 e. The van der Waals surface area contributed by atoms with E-state index in [1.54, 1.807) is 45.0 Å². The fourth-order valence-electron chi connectivity index (χ4n) is 3.55. The van der Waals surface area contributed by atoms with Crippen molar-refractivity contribution in [3.05, 3.63) is 65.4 Å². The number of carbonyl (C=O) groups excluding carboxylic acids is 2. The third kappa shape index (κ3) is 7.72. The molecule has 1 aromatic heterocycles. The van der Waals surface area contributed by atoms with E-state index in [1.165, 1.54) is 12.1 Å². The number of hydrogen-bond acceptors (Lipinski definition) is 7. The number of primary amides is 1. The Labute approximate surface area is 223 Å². The second-order valence-corrected chi connectivity index (χ2v) is 11.0. The molecule has 0 aliphatic rings. The van der Waals surface area contributed by atoms with Crippen LogP contribution in [0.25, 0.3) is 16.9 Å². The number of rotatable bonds is 7. The van der Waals surface area contributed by atoms with Gasteiger partial charge in [0.1, 0.15) is 10.5 Å². The van der Waals surface area contributed by atoms with E-state index in [4.69, 9.17) is 10.5 Å². The summed E-state index contributed by atoms with van der Waals surface area (Å²) in [7, 11) is -4.68. The van der Waals surface area contributed by atoms with E-state index in [-0.39, 0.29) is 29.9 Å². The number of aromatic nitrogens is 2. The average Bonchev–Trinajstić information content (AvgIpc) is 3.23. The number of ether oxygens (including phenoxy) is 1. The molecule has 0 fully saturated rings. The molecule has 0 saturated heterocycles. The molecular formula is C25H27F3N4O6S. The number of hydrogen-bond donors (Lipinski definition) is 2. The third-order valence-electron chi connectivity index (χ3n) is 5.16. The summed E-state index contributed by atoms with van der Waals surface area (Å²) in [5.74, 6) is 0. The van der Waals surface area contributed by atoms with Crippen molar-refractivity contribution in [3.63, 3.8) is 0 Å². The number of nitrogens with one attached hydrogen (secondary N) is 1. The van der Waals surface area contributed by atoms with Gasteiger partial charge in [-0.15, -0.1) is 0 Å². The lowest BCUT2D eigenvalue weighted by atomic mass is 10.1. The van der Waals surface area contributed by atoms with Crippen molar-refractivity contribution >= 4 is 22.3 Å². The lowest BCUT2D eigenvalue weighted by Crippen LogP contribution is -2.33. The van der Waals surface area contributed by atoms with Gasteiger partial charge in [-0.2, -0.15) is 26.7 Å². The SMILES string of the molecule is Cc1ccc(-c2cc(C(F)(F)F)nn2-c2ccc(S(=O)(=O)OC(N)=O)c(CCNC(=O)OC(C)(C)C)c2)cc1. The number of amides is 2. The molecule has 0 aliphatic heterocycles. The van der Waals surface area contributed by atoms with Gasteiger partial charge in [0, 0.05) is 12.1 Å².